The highest BCUT2D eigenvalue weighted by Gasteiger charge is 2.10. The SMILES string of the molecule is C=C(C)CCC(=O)CC(C)c1ccc(N)cc1. The molecule has 1 unspecified atom stereocenters. The lowest BCUT2D eigenvalue weighted by Crippen LogP contribution is -2.04. The summed E-state index contributed by atoms with van der Waals surface area (Å²) in [5.74, 6) is 0.561. The molecule has 0 heterocycles. The lowest BCUT2D eigenvalue weighted by molar-refractivity contribution is -0.119. The van der Waals surface area contributed by atoms with E-state index in [2.05, 4.69) is 13.5 Å². The predicted molar refractivity (Wildman–Crippen MR) is 72.9 cm³/mol. The number of ketones is 1. The molecule has 0 bridgehead atoms. The van der Waals surface area contributed by atoms with E-state index < -0.39 is 0 Å². The number of nitrogen functional groups attached to an aromatic ring is 1. The van der Waals surface area contributed by atoms with E-state index in [1.807, 2.05) is 31.2 Å². The van der Waals surface area contributed by atoms with E-state index in [4.69, 9.17) is 5.73 Å². The third-order valence-corrected chi connectivity index (χ3v) is 2.87. The van der Waals surface area contributed by atoms with Gasteiger partial charge < -0.3 is 5.73 Å². The third kappa shape index (κ3) is 4.85. The molecule has 0 saturated heterocycles. The maximum Gasteiger partial charge on any atom is 0.133 e. The molecule has 0 aromatic heterocycles. The van der Waals surface area contributed by atoms with Crippen LogP contribution in [-0.2, 0) is 4.79 Å². The van der Waals surface area contributed by atoms with E-state index in [0.29, 0.717) is 18.6 Å². The fraction of sp³-hybridized carbons (Fsp3) is 0.400. The van der Waals surface area contributed by atoms with Gasteiger partial charge in [0.05, 0.1) is 0 Å². The van der Waals surface area contributed by atoms with Gasteiger partial charge in [-0.3, -0.25) is 4.79 Å². The number of anilines is 1. The van der Waals surface area contributed by atoms with Crippen molar-refractivity contribution in [2.24, 2.45) is 0 Å². The van der Waals surface area contributed by atoms with Crippen LogP contribution in [0, 0.1) is 0 Å². The summed E-state index contributed by atoms with van der Waals surface area (Å²) in [7, 11) is 0. The highest BCUT2D eigenvalue weighted by Crippen LogP contribution is 2.21. The van der Waals surface area contributed by atoms with Gasteiger partial charge in [0, 0.05) is 18.5 Å². The molecule has 0 radical (unpaired) electrons. The van der Waals surface area contributed by atoms with E-state index >= 15 is 0 Å². The Morgan fingerprint density at radius 2 is 1.88 bits per heavy atom. The summed E-state index contributed by atoms with van der Waals surface area (Å²) in [6.07, 6.45) is 2.00. The molecule has 0 fully saturated rings. The van der Waals surface area contributed by atoms with Crippen LogP contribution in [0.4, 0.5) is 5.69 Å². The summed E-state index contributed by atoms with van der Waals surface area (Å²) >= 11 is 0. The molecule has 2 heteroatoms. The van der Waals surface area contributed by atoms with E-state index in [0.717, 1.165) is 17.7 Å². The van der Waals surface area contributed by atoms with E-state index in [1.165, 1.54) is 5.56 Å². The number of benzene rings is 1. The molecule has 2 N–H and O–H groups in total. The Bertz CT molecular complexity index is 392. The number of rotatable bonds is 6. The highest BCUT2D eigenvalue weighted by atomic mass is 16.1. The summed E-state index contributed by atoms with van der Waals surface area (Å²) in [6.45, 7) is 7.84. The molecule has 0 amide bonds. The third-order valence-electron chi connectivity index (χ3n) is 2.87. The molecular formula is C15H21NO. The van der Waals surface area contributed by atoms with Crippen LogP contribution in [0.5, 0.6) is 0 Å². The van der Waals surface area contributed by atoms with Crippen LogP contribution in [0.25, 0.3) is 0 Å². The number of allylic oxidation sites excluding steroid dienone is 1. The number of carbonyl (C=O) groups is 1. The average Bonchev–Trinajstić information content (AvgIpc) is 2.27. The molecule has 0 aliphatic carbocycles. The van der Waals surface area contributed by atoms with Gasteiger partial charge >= 0.3 is 0 Å². The van der Waals surface area contributed by atoms with Crippen molar-refractivity contribution in [1.82, 2.24) is 0 Å². The number of hydrogen-bond acceptors (Lipinski definition) is 2. The summed E-state index contributed by atoms with van der Waals surface area (Å²) < 4.78 is 0. The van der Waals surface area contributed by atoms with Gasteiger partial charge in [0.2, 0.25) is 0 Å². The van der Waals surface area contributed by atoms with Crippen LogP contribution in [0.2, 0.25) is 0 Å². The van der Waals surface area contributed by atoms with Crippen LogP contribution >= 0.6 is 0 Å². The Morgan fingerprint density at radius 3 is 2.41 bits per heavy atom. The van der Waals surface area contributed by atoms with Crippen molar-refractivity contribution >= 4 is 11.5 Å². The van der Waals surface area contributed by atoms with Crippen molar-refractivity contribution in [1.29, 1.82) is 0 Å². The molecule has 0 spiro atoms. The van der Waals surface area contributed by atoms with Crippen molar-refractivity contribution in [3.63, 3.8) is 0 Å². The molecule has 2 nitrogen and oxygen atoms in total. The fourth-order valence-electron chi connectivity index (χ4n) is 1.74. The van der Waals surface area contributed by atoms with E-state index in [9.17, 15) is 4.79 Å². The normalized spacial score (nSPS) is 12.1. The second-order valence-corrected chi connectivity index (χ2v) is 4.77. The molecule has 0 aliphatic rings. The Balaban J connectivity index is 2.48. The zero-order valence-corrected chi connectivity index (χ0v) is 10.7. The van der Waals surface area contributed by atoms with Gasteiger partial charge in [-0.2, -0.15) is 0 Å². The second-order valence-electron chi connectivity index (χ2n) is 4.77. The Kier molecular flexibility index (Phi) is 4.95. The number of hydrogen-bond donors (Lipinski definition) is 1. The van der Waals surface area contributed by atoms with Crippen LogP contribution < -0.4 is 5.73 Å². The smallest absolute Gasteiger partial charge is 0.133 e. The lowest BCUT2D eigenvalue weighted by atomic mass is 9.94. The maximum absolute atomic E-state index is 11.7. The zero-order valence-electron chi connectivity index (χ0n) is 10.7. The molecule has 0 aliphatic heterocycles. The van der Waals surface area contributed by atoms with Crippen molar-refractivity contribution in [2.45, 2.75) is 39.0 Å². The van der Waals surface area contributed by atoms with Crippen molar-refractivity contribution in [3.8, 4) is 0 Å². The van der Waals surface area contributed by atoms with Crippen molar-refractivity contribution in [2.75, 3.05) is 5.73 Å². The largest absolute Gasteiger partial charge is 0.399 e. The first kappa shape index (κ1) is 13.5. The number of nitrogens with two attached hydrogens (primary N) is 1. The molecular weight excluding hydrogens is 210 g/mol. The van der Waals surface area contributed by atoms with Gasteiger partial charge in [-0.15, -0.1) is 6.58 Å². The van der Waals surface area contributed by atoms with Gasteiger partial charge in [-0.25, -0.2) is 0 Å². The highest BCUT2D eigenvalue weighted by molar-refractivity contribution is 5.79. The second kappa shape index (κ2) is 6.24. The molecule has 1 aromatic rings. The lowest BCUT2D eigenvalue weighted by Gasteiger charge is -2.11. The van der Waals surface area contributed by atoms with Gasteiger partial charge in [0.15, 0.2) is 0 Å². The molecule has 1 aromatic carbocycles. The average molecular weight is 231 g/mol. The maximum atomic E-state index is 11.7. The van der Waals surface area contributed by atoms with Gasteiger partial charge in [-0.05, 0) is 37.0 Å². The monoisotopic (exact) mass is 231 g/mol. The van der Waals surface area contributed by atoms with Crippen LogP contribution in [0.1, 0.15) is 44.6 Å². The fourth-order valence-corrected chi connectivity index (χ4v) is 1.74. The molecule has 1 atom stereocenters. The van der Waals surface area contributed by atoms with Gasteiger partial charge in [-0.1, -0.05) is 24.6 Å². The van der Waals surface area contributed by atoms with Crippen LogP contribution in [-0.4, -0.2) is 5.78 Å². The topological polar surface area (TPSA) is 43.1 Å². The Labute approximate surface area is 104 Å². The van der Waals surface area contributed by atoms with Crippen LogP contribution in [0.15, 0.2) is 36.4 Å². The minimum absolute atomic E-state index is 0.258. The summed E-state index contributed by atoms with van der Waals surface area (Å²) in [5, 5.41) is 0. The van der Waals surface area contributed by atoms with Crippen LogP contribution in [0.3, 0.4) is 0 Å². The van der Waals surface area contributed by atoms with Gasteiger partial charge in [0.25, 0.3) is 0 Å². The van der Waals surface area contributed by atoms with E-state index in [-0.39, 0.29) is 5.92 Å². The summed E-state index contributed by atoms with van der Waals surface area (Å²) in [5.41, 5.74) is 8.63. The summed E-state index contributed by atoms with van der Waals surface area (Å²) in [6, 6.07) is 7.74. The minimum Gasteiger partial charge on any atom is -0.399 e. The standard InChI is InChI=1S/C15H21NO/c1-11(2)4-9-15(17)10-12(3)13-5-7-14(16)8-6-13/h5-8,12H,1,4,9-10,16H2,2-3H3. The van der Waals surface area contributed by atoms with Crippen molar-refractivity contribution < 1.29 is 4.79 Å². The van der Waals surface area contributed by atoms with E-state index in [1.54, 1.807) is 0 Å². The quantitative estimate of drug-likeness (QED) is 0.599. The molecule has 92 valence electrons. The first-order valence-electron chi connectivity index (χ1n) is 6.00. The zero-order chi connectivity index (χ0) is 12.8. The Morgan fingerprint density at radius 1 is 1.29 bits per heavy atom. The predicted octanol–water partition coefficient (Wildman–Crippen LogP) is 3.69. The summed E-state index contributed by atoms with van der Waals surface area (Å²) in [4.78, 5) is 11.7. The minimum atomic E-state index is 0.258. The Hall–Kier alpha value is -1.57. The van der Waals surface area contributed by atoms with Crippen molar-refractivity contribution in [3.05, 3.63) is 42.0 Å². The molecule has 17 heavy (non-hydrogen) atoms. The molecule has 1 rings (SSSR count). The first-order chi connectivity index (χ1) is 7.99. The molecule has 0 saturated carbocycles. The first-order valence-corrected chi connectivity index (χ1v) is 6.00. The number of carbonyl (C=O) groups excluding carboxylic acids is 1. The number of Topliss-reactive ketones (excluding diaryl/α,β-unsaturated/α-hetero) is 1. The van der Waals surface area contributed by atoms with Gasteiger partial charge in [0.1, 0.15) is 5.78 Å².